The van der Waals surface area contributed by atoms with E-state index < -0.39 is 12.3 Å². The van der Waals surface area contributed by atoms with E-state index in [9.17, 15) is 9.59 Å². The fraction of sp³-hybridized carbons (Fsp3) is 0.310. The van der Waals surface area contributed by atoms with Crippen molar-refractivity contribution >= 4 is 35.3 Å². The van der Waals surface area contributed by atoms with Crippen molar-refractivity contribution in [2.24, 2.45) is 0 Å². The van der Waals surface area contributed by atoms with E-state index >= 15 is 0 Å². The summed E-state index contributed by atoms with van der Waals surface area (Å²) < 4.78 is 16.5. The second-order valence-electron chi connectivity index (χ2n) is 9.55. The standard InChI is InChI=1S/C29H27Cl2NO6/c30-20-5-1-3-18(13-20)19-4-2-6-21(14-19)32-28(33)17-7-9-22(10-8-17)37-27-16-26-23(15-24(27)31)25(11-12-36-26)38-29(34)35/h1,3,5,7-10,13,15-16,19,21,25H,2,4,6,11-12,14H2,(H,32,33)(H,34,35). The summed E-state index contributed by atoms with van der Waals surface area (Å²) in [5.41, 5.74) is 2.31. The Morgan fingerprint density at radius 1 is 1.00 bits per heavy atom. The Labute approximate surface area is 230 Å². The first-order chi connectivity index (χ1) is 18.4. The number of amides is 1. The van der Waals surface area contributed by atoms with Gasteiger partial charge in [0.15, 0.2) is 0 Å². The average Bonchev–Trinajstić information content (AvgIpc) is 2.90. The van der Waals surface area contributed by atoms with E-state index in [4.69, 9.17) is 42.5 Å². The summed E-state index contributed by atoms with van der Waals surface area (Å²) in [6.07, 6.45) is 2.36. The molecule has 1 amide bonds. The molecule has 198 valence electrons. The number of fused-ring (bicyclic) bond motifs is 1. The Morgan fingerprint density at radius 2 is 1.82 bits per heavy atom. The van der Waals surface area contributed by atoms with Gasteiger partial charge in [-0.25, -0.2) is 4.79 Å². The van der Waals surface area contributed by atoms with Crippen molar-refractivity contribution in [3.63, 3.8) is 0 Å². The van der Waals surface area contributed by atoms with Crippen LogP contribution >= 0.6 is 23.2 Å². The molecule has 1 fully saturated rings. The lowest BCUT2D eigenvalue weighted by Gasteiger charge is -2.30. The van der Waals surface area contributed by atoms with E-state index in [1.807, 2.05) is 18.2 Å². The molecule has 0 spiro atoms. The van der Waals surface area contributed by atoms with E-state index in [0.29, 0.717) is 52.3 Å². The van der Waals surface area contributed by atoms with Gasteiger partial charge in [-0.1, -0.05) is 41.8 Å². The topological polar surface area (TPSA) is 94.1 Å². The maximum absolute atomic E-state index is 12.9. The minimum Gasteiger partial charge on any atom is -0.493 e. The van der Waals surface area contributed by atoms with Gasteiger partial charge in [-0.3, -0.25) is 4.79 Å². The number of carbonyl (C=O) groups excluding carboxylic acids is 1. The van der Waals surface area contributed by atoms with Crippen molar-refractivity contribution in [2.75, 3.05) is 6.61 Å². The number of nitrogens with one attached hydrogen (secondary N) is 1. The van der Waals surface area contributed by atoms with Crippen LogP contribution in [0.5, 0.6) is 17.2 Å². The molecule has 2 aliphatic rings. The molecule has 3 atom stereocenters. The van der Waals surface area contributed by atoms with Crippen molar-refractivity contribution in [3.05, 3.63) is 87.4 Å². The molecule has 1 saturated carbocycles. The highest BCUT2D eigenvalue weighted by Gasteiger charge is 2.27. The van der Waals surface area contributed by atoms with Gasteiger partial charge in [0.1, 0.15) is 23.4 Å². The highest BCUT2D eigenvalue weighted by atomic mass is 35.5. The minimum atomic E-state index is -1.35. The summed E-state index contributed by atoms with van der Waals surface area (Å²) in [4.78, 5) is 23.9. The van der Waals surface area contributed by atoms with Crippen LogP contribution in [0.3, 0.4) is 0 Å². The van der Waals surface area contributed by atoms with Crippen molar-refractivity contribution in [1.82, 2.24) is 5.32 Å². The van der Waals surface area contributed by atoms with E-state index in [1.54, 1.807) is 36.4 Å². The van der Waals surface area contributed by atoms with Gasteiger partial charge in [0, 0.05) is 34.7 Å². The molecular weight excluding hydrogens is 529 g/mol. The van der Waals surface area contributed by atoms with Crippen LogP contribution in [0.4, 0.5) is 4.79 Å². The fourth-order valence-electron chi connectivity index (χ4n) is 5.13. The van der Waals surface area contributed by atoms with Gasteiger partial charge in [-0.15, -0.1) is 0 Å². The fourth-order valence-corrected chi connectivity index (χ4v) is 5.54. The Morgan fingerprint density at radius 3 is 2.58 bits per heavy atom. The van der Waals surface area contributed by atoms with Crippen molar-refractivity contribution < 1.29 is 28.9 Å². The molecule has 0 radical (unpaired) electrons. The summed E-state index contributed by atoms with van der Waals surface area (Å²) in [6.45, 7) is 0.316. The van der Waals surface area contributed by atoms with E-state index in [0.717, 1.165) is 30.7 Å². The van der Waals surface area contributed by atoms with Crippen LogP contribution in [0.1, 0.15) is 65.6 Å². The van der Waals surface area contributed by atoms with E-state index in [1.165, 1.54) is 5.56 Å². The quantitative estimate of drug-likeness (QED) is 0.302. The summed E-state index contributed by atoms with van der Waals surface area (Å²) in [7, 11) is 0. The lowest BCUT2D eigenvalue weighted by molar-refractivity contribution is 0.0326. The molecular formula is C29H27Cl2NO6. The van der Waals surface area contributed by atoms with Crippen LogP contribution in [0.15, 0.2) is 60.7 Å². The number of ether oxygens (including phenoxy) is 3. The summed E-state index contributed by atoms with van der Waals surface area (Å²) in [5.74, 6) is 1.56. The Kier molecular flexibility index (Phi) is 7.95. The molecule has 0 saturated heterocycles. The third kappa shape index (κ3) is 6.17. The van der Waals surface area contributed by atoms with Gasteiger partial charge in [0.25, 0.3) is 5.91 Å². The molecule has 1 heterocycles. The van der Waals surface area contributed by atoms with Gasteiger partial charge in [0.05, 0.1) is 11.6 Å². The molecule has 0 aromatic heterocycles. The van der Waals surface area contributed by atoms with E-state index in [-0.39, 0.29) is 11.9 Å². The number of rotatable bonds is 6. The zero-order chi connectivity index (χ0) is 26.6. The van der Waals surface area contributed by atoms with Crippen LogP contribution in [0.25, 0.3) is 0 Å². The number of hydrogen-bond acceptors (Lipinski definition) is 5. The summed E-state index contributed by atoms with van der Waals surface area (Å²) in [6, 6.07) is 18.1. The third-order valence-corrected chi connectivity index (χ3v) is 7.50. The lowest BCUT2D eigenvalue weighted by atomic mass is 9.81. The zero-order valence-electron chi connectivity index (χ0n) is 20.5. The lowest BCUT2D eigenvalue weighted by Crippen LogP contribution is -2.37. The number of halogens is 2. The molecule has 38 heavy (non-hydrogen) atoms. The maximum atomic E-state index is 12.9. The summed E-state index contributed by atoms with van der Waals surface area (Å²) in [5, 5.41) is 13.2. The van der Waals surface area contributed by atoms with Gasteiger partial charge >= 0.3 is 6.16 Å². The van der Waals surface area contributed by atoms with Crippen molar-refractivity contribution in [3.8, 4) is 17.2 Å². The van der Waals surface area contributed by atoms with Crippen LogP contribution in [0.2, 0.25) is 10.0 Å². The first-order valence-corrected chi connectivity index (χ1v) is 13.3. The molecule has 2 N–H and O–H groups in total. The molecule has 3 aromatic rings. The molecule has 7 nitrogen and oxygen atoms in total. The molecule has 0 bridgehead atoms. The van der Waals surface area contributed by atoms with Gasteiger partial charge in [0.2, 0.25) is 0 Å². The molecule has 1 aliphatic heterocycles. The predicted molar refractivity (Wildman–Crippen MR) is 144 cm³/mol. The van der Waals surface area contributed by atoms with Gasteiger partial charge in [-0.2, -0.15) is 0 Å². The smallest absolute Gasteiger partial charge is 0.493 e. The average molecular weight is 556 g/mol. The van der Waals surface area contributed by atoms with Crippen LogP contribution in [-0.4, -0.2) is 29.8 Å². The highest BCUT2D eigenvalue weighted by Crippen LogP contribution is 2.42. The molecule has 3 aromatic carbocycles. The number of hydrogen-bond donors (Lipinski definition) is 2. The monoisotopic (exact) mass is 555 g/mol. The molecule has 5 rings (SSSR count). The highest BCUT2D eigenvalue weighted by molar-refractivity contribution is 6.32. The maximum Gasteiger partial charge on any atom is 0.506 e. The number of benzene rings is 3. The molecule has 3 unspecified atom stereocenters. The number of carbonyl (C=O) groups is 2. The summed E-state index contributed by atoms with van der Waals surface area (Å²) >= 11 is 12.6. The predicted octanol–water partition coefficient (Wildman–Crippen LogP) is 7.76. The van der Waals surface area contributed by atoms with E-state index in [2.05, 4.69) is 11.4 Å². The molecule has 9 heteroatoms. The largest absolute Gasteiger partial charge is 0.506 e. The Bertz CT molecular complexity index is 1330. The second-order valence-corrected chi connectivity index (χ2v) is 10.4. The van der Waals surface area contributed by atoms with Crippen LogP contribution in [0, 0.1) is 0 Å². The normalized spacial score (nSPS) is 20.5. The first-order valence-electron chi connectivity index (χ1n) is 12.6. The number of carboxylic acid groups (broad SMARTS) is 1. The SMILES string of the molecule is O=C(O)OC1CCOc2cc(Oc3ccc(C(=O)NC4CCCC(c5cccc(Cl)c5)C4)cc3)c(Cl)cc21. The van der Waals surface area contributed by atoms with Crippen LogP contribution in [-0.2, 0) is 4.74 Å². The van der Waals surface area contributed by atoms with Crippen LogP contribution < -0.4 is 14.8 Å². The zero-order valence-corrected chi connectivity index (χ0v) is 22.0. The molecule has 1 aliphatic carbocycles. The third-order valence-electron chi connectivity index (χ3n) is 6.97. The minimum absolute atomic E-state index is 0.0967. The van der Waals surface area contributed by atoms with Crippen molar-refractivity contribution in [1.29, 1.82) is 0 Å². The second kappa shape index (κ2) is 11.5. The first kappa shape index (κ1) is 26.2. The van der Waals surface area contributed by atoms with Gasteiger partial charge in [-0.05, 0) is 73.2 Å². The van der Waals surface area contributed by atoms with Crippen molar-refractivity contribution in [2.45, 2.75) is 50.2 Å². The Balaban J connectivity index is 1.22. The van der Waals surface area contributed by atoms with Gasteiger partial charge < -0.3 is 24.6 Å². The Hall–Kier alpha value is -3.42.